The number of alkyl carbamates (subject to hydrolysis) is 4. The summed E-state index contributed by atoms with van der Waals surface area (Å²) in [5, 5.41) is 9.44. The normalized spacial score (nSPS) is 34.8. The molecular formula is C19H28N4O12. The zero-order chi connectivity index (χ0) is 24.9. The van der Waals surface area contributed by atoms with E-state index < -0.39 is 73.2 Å². The second-order valence-electron chi connectivity index (χ2n) is 8.00. The number of nitrogens with one attached hydrogen (secondary N) is 4. The molecule has 0 saturated carbocycles. The molecule has 16 heteroatoms. The van der Waals surface area contributed by atoms with Gasteiger partial charge in [0.25, 0.3) is 0 Å². The zero-order valence-corrected chi connectivity index (χ0v) is 19.1. The van der Waals surface area contributed by atoms with Crippen LogP contribution in [0.2, 0.25) is 0 Å². The van der Waals surface area contributed by atoms with Gasteiger partial charge in [0.05, 0.1) is 33.1 Å². The Hall–Kier alpha value is -3.08. The largest absolute Gasteiger partial charge is 0.441 e. The van der Waals surface area contributed by atoms with Crippen molar-refractivity contribution in [2.24, 2.45) is 0 Å². The fourth-order valence-electron chi connectivity index (χ4n) is 4.20. The van der Waals surface area contributed by atoms with Crippen molar-refractivity contribution in [3.05, 3.63) is 0 Å². The smallest absolute Gasteiger partial charge is 0.408 e. The van der Waals surface area contributed by atoms with Crippen molar-refractivity contribution in [1.29, 1.82) is 0 Å². The van der Waals surface area contributed by atoms with Gasteiger partial charge in [-0.1, -0.05) is 0 Å². The van der Waals surface area contributed by atoms with E-state index in [1.165, 1.54) is 14.1 Å². The first-order chi connectivity index (χ1) is 16.9. The minimum absolute atomic E-state index is 0.0701. The van der Waals surface area contributed by atoms with Crippen LogP contribution in [0.3, 0.4) is 0 Å². The average Bonchev–Trinajstić information content (AvgIpc) is 3.60. The van der Waals surface area contributed by atoms with Crippen LogP contribution in [0.15, 0.2) is 0 Å². The molecule has 4 aliphatic rings. The van der Waals surface area contributed by atoms with Gasteiger partial charge >= 0.3 is 24.4 Å². The molecule has 0 aromatic carbocycles. The van der Waals surface area contributed by atoms with Crippen LogP contribution in [-0.4, -0.2) is 120 Å². The molecule has 4 saturated heterocycles. The lowest BCUT2D eigenvalue weighted by Crippen LogP contribution is -2.43. The summed E-state index contributed by atoms with van der Waals surface area (Å²) in [7, 11) is 2.87. The number of rotatable bonds is 6. The van der Waals surface area contributed by atoms with Crippen molar-refractivity contribution < 1.29 is 57.1 Å². The van der Waals surface area contributed by atoms with Crippen molar-refractivity contribution >= 4 is 24.4 Å². The molecule has 16 nitrogen and oxygen atoms in total. The summed E-state index contributed by atoms with van der Waals surface area (Å²) in [6, 6.07) is 0. The van der Waals surface area contributed by atoms with Crippen LogP contribution in [0.25, 0.3) is 0 Å². The van der Waals surface area contributed by atoms with Crippen LogP contribution in [0, 0.1) is 0 Å². The third-order valence-corrected chi connectivity index (χ3v) is 5.83. The van der Waals surface area contributed by atoms with E-state index in [0.717, 1.165) is 0 Å². The quantitative estimate of drug-likeness (QED) is 0.234. The van der Waals surface area contributed by atoms with Crippen LogP contribution < -0.4 is 21.3 Å². The monoisotopic (exact) mass is 504 g/mol. The third-order valence-electron chi connectivity index (χ3n) is 5.83. The third kappa shape index (κ3) is 5.77. The first-order valence-corrected chi connectivity index (χ1v) is 11.0. The van der Waals surface area contributed by atoms with Crippen LogP contribution in [-0.2, 0) is 37.9 Å². The molecule has 4 fully saturated rings. The molecule has 0 spiro atoms. The lowest BCUT2D eigenvalue weighted by Gasteiger charge is -2.18. The highest BCUT2D eigenvalue weighted by Crippen LogP contribution is 2.31. The molecule has 0 radical (unpaired) electrons. The van der Waals surface area contributed by atoms with Gasteiger partial charge in [-0.15, -0.1) is 0 Å². The first kappa shape index (κ1) is 25.0. The van der Waals surface area contributed by atoms with Crippen molar-refractivity contribution in [2.75, 3.05) is 47.2 Å². The summed E-state index contributed by atoms with van der Waals surface area (Å²) in [6.07, 6.45) is -7.72. The van der Waals surface area contributed by atoms with E-state index in [1.54, 1.807) is 0 Å². The van der Waals surface area contributed by atoms with Crippen LogP contribution in [0.5, 0.6) is 0 Å². The van der Waals surface area contributed by atoms with Crippen LogP contribution in [0.4, 0.5) is 19.2 Å². The lowest BCUT2D eigenvalue weighted by atomic mass is 10.1. The average molecular weight is 504 g/mol. The second kappa shape index (κ2) is 11.1. The highest BCUT2D eigenvalue weighted by molar-refractivity contribution is 5.70. The summed E-state index contributed by atoms with van der Waals surface area (Å²) >= 11 is 0. The fraction of sp³-hybridized carbons (Fsp3) is 0.789. The van der Waals surface area contributed by atoms with E-state index in [1.807, 2.05) is 0 Å². The van der Waals surface area contributed by atoms with Crippen LogP contribution >= 0.6 is 0 Å². The van der Waals surface area contributed by atoms with Gasteiger partial charge in [-0.2, -0.15) is 0 Å². The Morgan fingerprint density at radius 2 is 0.857 bits per heavy atom. The molecule has 0 aromatic rings. The molecule has 4 N–H and O–H groups in total. The molecule has 0 aliphatic carbocycles. The zero-order valence-electron chi connectivity index (χ0n) is 19.1. The molecule has 196 valence electrons. The minimum atomic E-state index is -0.809. The molecule has 4 heterocycles. The summed E-state index contributed by atoms with van der Waals surface area (Å²) in [6.45, 7) is 0.106. The summed E-state index contributed by atoms with van der Waals surface area (Å²) in [5.74, 6) is 0. The SMILES string of the molecule is CNC(=O)O[C@H]1CO[C@H]2[C@@H]1OC[C@H]2OC(=O)NCNC(=O)OC1CO[C@H]2[C@@H]1OC[C@H]2OC(=O)NC. The van der Waals surface area contributed by atoms with E-state index in [9.17, 15) is 19.2 Å². The number of ether oxygens (including phenoxy) is 8. The Morgan fingerprint density at radius 1 is 0.571 bits per heavy atom. The molecule has 4 aliphatic heterocycles. The van der Waals surface area contributed by atoms with Crippen molar-refractivity contribution in [1.82, 2.24) is 21.3 Å². The highest BCUT2D eigenvalue weighted by atomic mass is 16.7. The van der Waals surface area contributed by atoms with Gasteiger partial charge in [-0.05, 0) is 0 Å². The van der Waals surface area contributed by atoms with E-state index in [-0.39, 0.29) is 33.1 Å². The molecule has 4 amide bonds. The molecule has 8 atom stereocenters. The Kier molecular flexibility index (Phi) is 7.94. The Bertz CT molecular complexity index is 751. The molecule has 0 aromatic heterocycles. The van der Waals surface area contributed by atoms with Gasteiger partial charge in [0.2, 0.25) is 0 Å². The standard InChI is InChI=1S/C19H28N4O12/c1-20-16(24)32-8-3-28-14-10(5-30-12(8)14)34-18(26)22-7-23-19(27)35-11-6-31-13-9(4-29-15(11)13)33-17(25)21-2/h8-15H,3-7H2,1-2H3,(H,20,24)(H,21,25)(H,22,26)(H,23,27)/t8-,9+,10+,11?,12+,13+,14+,15+/m0/s1. The summed E-state index contributed by atoms with van der Waals surface area (Å²) in [5.41, 5.74) is 0. The number of carbonyl (C=O) groups excluding carboxylic acids is 4. The van der Waals surface area contributed by atoms with E-state index in [2.05, 4.69) is 21.3 Å². The van der Waals surface area contributed by atoms with Gasteiger partial charge in [0.1, 0.15) is 24.4 Å². The Balaban J connectivity index is 1.13. The van der Waals surface area contributed by atoms with E-state index in [0.29, 0.717) is 0 Å². The Labute approximate surface area is 199 Å². The van der Waals surface area contributed by atoms with Gasteiger partial charge in [-0.25, -0.2) is 19.2 Å². The second-order valence-corrected chi connectivity index (χ2v) is 8.00. The lowest BCUT2D eigenvalue weighted by molar-refractivity contribution is -0.0129. The molecule has 1 unspecified atom stereocenters. The maximum atomic E-state index is 12.1. The number of carbonyl (C=O) groups is 4. The van der Waals surface area contributed by atoms with Gasteiger partial charge in [-0.3, -0.25) is 0 Å². The number of fused-ring (bicyclic) bond motifs is 2. The maximum absolute atomic E-state index is 12.1. The van der Waals surface area contributed by atoms with Crippen LogP contribution in [0.1, 0.15) is 0 Å². The summed E-state index contributed by atoms with van der Waals surface area (Å²) in [4.78, 5) is 47.0. The first-order valence-electron chi connectivity index (χ1n) is 11.0. The van der Waals surface area contributed by atoms with Gasteiger partial charge in [0.15, 0.2) is 24.4 Å². The Morgan fingerprint density at radius 3 is 1.14 bits per heavy atom. The van der Waals surface area contributed by atoms with Crippen molar-refractivity contribution in [3.8, 4) is 0 Å². The minimum Gasteiger partial charge on any atom is -0.441 e. The van der Waals surface area contributed by atoms with Gasteiger partial charge in [0, 0.05) is 14.1 Å². The molecule has 35 heavy (non-hydrogen) atoms. The highest BCUT2D eigenvalue weighted by Gasteiger charge is 2.52. The predicted octanol–water partition coefficient (Wildman–Crippen LogP) is -1.82. The topological polar surface area (TPSA) is 190 Å². The molecule has 4 rings (SSSR count). The number of hydrogen-bond donors (Lipinski definition) is 4. The molecule has 0 bridgehead atoms. The van der Waals surface area contributed by atoms with E-state index >= 15 is 0 Å². The predicted molar refractivity (Wildman–Crippen MR) is 109 cm³/mol. The van der Waals surface area contributed by atoms with Crippen molar-refractivity contribution in [3.63, 3.8) is 0 Å². The summed E-state index contributed by atoms with van der Waals surface area (Å²) < 4.78 is 43.1. The van der Waals surface area contributed by atoms with Crippen molar-refractivity contribution in [2.45, 2.75) is 48.8 Å². The molecular weight excluding hydrogens is 476 g/mol. The van der Waals surface area contributed by atoms with Gasteiger partial charge < -0.3 is 59.2 Å². The number of hydrogen-bond acceptors (Lipinski definition) is 12. The fourth-order valence-corrected chi connectivity index (χ4v) is 4.20. The van der Waals surface area contributed by atoms with E-state index in [4.69, 9.17) is 37.9 Å². The maximum Gasteiger partial charge on any atom is 0.408 e. The number of amides is 4.